The van der Waals surface area contributed by atoms with E-state index in [0.717, 1.165) is 11.3 Å². The Balaban J connectivity index is 1.72. The SMILES string of the molecule is CCN(CC(=O)Nc1cccc(OC)c1)C(=O)c1ccn(-c2cc(C)ccc2OC)n1. The van der Waals surface area contributed by atoms with Gasteiger partial charge in [-0.3, -0.25) is 9.59 Å². The fraction of sp³-hybridized carbons (Fsp3) is 0.261. The summed E-state index contributed by atoms with van der Waals surface area (Å²) < 4.78 is 12.2. The molecule has 8 heteroatoms. The largest absolute Gasteiger partial charge is 0.497 e. The molecule has 0 radical (unpaired) electrons. The van der Waals surface area contributed by atoms with Gasteiger partial charge in [0.2, 0.25) is 5.91 Å². The van der Waals surface area contributed by atoms with Gasteiger partial charge in [0, 0.05) is 24.5 Å². The van der Waals surface area contributed by atoms with Crippen molar-refractivity contribution in [2.45, 2.75) is 13.8 Å². The topological polar surface area (TPSA) is 85.7 Å². The van der Waals surface area contributed by atoms with E-state index >= 15 is 0 Å². The number of carbonyl (C=O) groups excluding carboxylic acids is 2. The van der Waals surface area contributed by atoms with Crippen LogP contribution in [0.4, 0.5) is 5.69 Å². The lowest BCUT2D eigenvalue weighted by Gasteiger charge is -2.19. The van der Waals surface area contributed by atoms with Gasteiger partial charge in [-0.05, 0) is 49.7 Å². The van der Waals surface area contributed by atoms with Crippen LogP contribution in [0, 0.1) is 6.92 Å². The molecular weight excluding hydrogens is 396 g/mol. The van der Waals surface area contributed by atoms with E-state index in [2.05, 4.69) is 10.4 Å². The van der Waals surface area contributed by atoms with Crippen molar-refractivity contribution in [3.05, 3.63) is 66.0 Å². The first kappa shape index (κ1) is 21.9. The number of amides is 2. The highest BCUT2D eigenvalue weighted by Gasteiger charge is 2.20. The predicted molar refractivity (Wildman–Crippen MR) is 118 cm³/mol. The second-order valence-corrected chi connectivity index (χ2v) is 6.92. The maximum atomic E-state index is 12.9. The second-order valence-electron chi connectivity index (χ2n) is 6.92. The van der Waals surface area contributed by atoms with E-state index in [0.29, 0.717) is 23.7 Å². The van der Waals surface area contributed by atoms with Crippen LogP contribution >= 0.6 is 0 Å². The average Bonchev–Trinajstić information content (AvgIpc) is 3.27. The Morgan fingerprint density at radius 3 is 2.61 bits per heavy atom. The number of aromatic nitrogens is 2. The zero-order valence-electron chi connectivity index (χ0n) is 18.1. The summed E-state index contributed by atoms with van der Waals surface area (Å²) in [7, 11) is 3.15. The lowest BCUT2D eigenvalue weighted by Crippen LogP contribution is -2.38. The molecule has 1 aromatic heterocycles. The van der Waals surface area contributed by atoms with Crippen LogP contribution in [-0.2, 0) is 4.79 Å². The molecule has 0 aliphatic heterocycles. The standard InChI is InChI=1S/C23H26N4O4/c1-5-26(15-22(28)24-17-7-6-8-18(14-17)30-3)23(29)19-11-12-27(25-19)20-13-16(2)9-10-21(20)31-4/h6-14H,5,15H2,1-4H3,(H,24,28). The highest BCUT2D eigenvalue weighted by molar-refractivity contribution is 5.98. The second kappa shape index (κ2) is 9.80. The van der Waals surface area contributed by atoms with E-state index in [1.54, 1.807) is 55.4 Å². The van der Waals surface area contributed by atoms with Crippen molar-refractivity contribution >= 4 is 17.5 Å². The monoisotopic (exact) mass is 422 g/mol. The minimum atomic E-state index is -0.325. The van der Waals surface area contributed by atoms with Crippen LogP contribution in [0.2, 0.25) is 0 Å². The number of rotatable bonds is 8. The summed E-state index contributed by atoms with van der Waals surface area (Å²) in [4.78, 5) is 26.9. The molecule has 1 N–H and O–H groups in total. The molecule has 3 aromatic rings. The van der Waals surface area contributed by atoms with Crippen molar-refractivity contribution in [2.75, 3.05) is 32.6 Å². The van der Waals surface area contributed by atoms with Crippen LogP contribution in [0.1, 0.15) is 23.0 Å². The summed E-state index contributed by atoms with van der Waals surface area (Å²) in [6.45, 7) is 4.06. The fourth-order valence-electron chi connectivity index (χ4n) is 3.12. The summed E-state index contributed by atoms with van der Waals surface area (Å²) in [5.41, 5.74) is 2.63. The summed E-state index contributed by atoms with van der Waals surface area (Å²) in [6.07, 6.45) is 1.70. The van der Waals surface area contributed by atoms with Gasteiger partial charge in [-0.2, -0.15) is 5.10 Å². The molecule has 1 heterocycles. The summed E-state index contributed by atoms with van der Waals surface area (Å²) in [5, 5.41) is 7.20. The molecule has 3 rings (SSSR count). The number of methoxy groups -OCH3 is 2. The smallest absolute Gasteiger partial charge is 0.274 e. The van der Waals surface area contributed by atoms with Crippen LogP contribution in [0.15, 0.2) is 54.7 Å². The number of nitrogens with zero attached hydrogens (tertiary/aromatic N) is 3. The number of anilines is 1. The third-order valence-corrected chi connectivity index (χ3v) is 4.75. The molecule has 0 saturated carbocycles. The van der Waals surface area contributed by atoms with E-state index in [-0.39, 0.29) is 24.1 Å². The molecule has 0 aliphatic carbocycles. The van der Waals surface area contributed by atoms with Gasteiger partial charge in [0.1, 0.15) is 23.7 Å². The Hall–Kier alpha value is -3.81. The molecule has 0 saturated heterocycles. The summed E-state index contributed by atoms with van der Waals surface area (Å²) in [5.74, 6) is 0.660. The third kappa shape index (κ3) is 5.22. The van der Waals surface area contributed by atoms with Crippen molar-refractivity contribution < 1.29 is 19.1 Å². The maximum Gasteiger partial charge on any atom is 0.274 e. The molecule has 31 heavy (non-hydrogen) atoms. The van der Waals surface area contributed by atoms with Gasteiger partial charge < -0.3 is 19.7 Å². The lowest BCUT2D eigenvalue weighted by molar-refractivity contribution is -0.116. The number of nitrogens with one attached hydrogen (secondary N) is 1. The maximum absolute atomic E-state index is 12.9. The molecule has 8 nitrogen and oxygen atoms in total. The van der Waals surface area contributed by atoms with E-state index in [1.165, 1.54) is 4.90 Å². The number of hydrogen-bond acceptors (Lipinski definition) is 5. The molecule has 0 fully saturated rings. The number of aryl methyl sites for hydroxylation is 1. The molecule has 0 spiro atoms. The Morgan fingerprint density at radius 2 is 1.90 bits per heavy atom. The van der Waals surface area contributed by atoms with Crippen molar-refractivity contribution in [3.8, 4) is 17.2 Å². The van der Waals surface area contributed by atoms with Crippen LogP contribution in [0.3, 0.4) is 0 Å². The molecule has 162 valence electrons. The van der Waals surface area contributed by atoms with Crippen molar-refractivity contribution in [1.29, 1.82) is 0 Å². The van der Waals surface area contributed by atoms with Gasteiger partial charge in [-0.15, -0.1) is 0 Å². The van der Waals surface area contributed by atoms with Crippen LogP contribution in [0.5, 0.6) is 11.5 Å². The van der Waals surface area contributed by atoms with Crippen molar-refractivity contribution in [1.82, 2.24) is 14.7 Å². The Kier molecular flexibility index (Phi) is 6.92. The molecule has 0 bridgehead atoms. The first-order chi connectivity index (χ1) is 14.9. The molecule has 0 aliphatic rings. The van der Waals surface area contributed by atoms with Crippen molar-refractivity contribution in [2.24, 2.45) is 0 Å². The quantitative estimate of drug-likeness (QED) is 0.602. The third-order valence-electron chi connectivity index (χ3n) is 4.75. The van der Waals surface area contributed by atoms with Crippen LogP contribution < -0.4 is 14.8 Å². The lowest BCUT2D eigenvalue weighted by atomic mass is 10.2. The average molecular weight is 422 g/mol. The van der Waals surface area contributed by atoms with Gasteiger partial charge >= 0.3 is 0 Å². The first-order valence-corrected chi connectivity index (χ1v) is 9.89. The summed E-state index contributed by atoms with van der Waals surface area (Å²) >= 11 is 0. The first-order valence-electron chi connectivity index (χ1n) is 9.89. The zero-order valence-corrected chi connectivity index (χ0v) is 18.1. The van der Waals surface area contributed by atoms with E-state index in [4.69, 9.17) is 9.47 Å². The fourth-order valence-corrected chi connectivity index (χ4v) is 3.12. The van der Waals surface area contributed by atoms with Gasteiger partial charge in [0.15, 0.2) is 5.69 Å². The molecule has 2 aromatic carbocycles. The van der Waals surface area contributed by atoms with Crippen LogP contribution in [-0.4, -0.2) is 53.8 Å². The number of hydrogen-bond donors (Lipinski definition) is 1. The molecule has 0 atom stereocenters. The summed E-state index contributed by atoms with van der Waals surface area (Å²) in [6, 6.07) is 14.4. The van der Waals surface area contributed by atoms with Gasteiger partial charge in [0.05, 0.1) is 14.2 Å². The number of ether oxygens (including phenoxy) is 2. The van der Waals surface area contributed by atoms with Crippen LogP contribution in [0.25, 0.3) is 5.69 Å². The Bertz CT molecular complexity index is 1080. The van der Waals surface area contributed by atoms with Gasteiger partial charge in [-0.1, -0.05) is 12.1 Å². The Labute approximate surface area is 181 Å². The minimum Gasteiger partial charge on any atom is -0.497 e. The Morgan fingerprint density at radius 1 is 1.10 bits per heavy atom. The zero-order chi connectivity index (χ0) is 22.4. The number of benzene rings is 2. The van der Waals surface area contributed by atoms with E-state index in [9.17, 15) is 9.59 Å². The highest BCUT2D eigenvalue weighted by Crippen LogP contribution is 2.23. The van der Waals surface area contributed by atoms with E-state index < -0.39 is 0 Å². The highest BCUT2D eigenvalue weighted by atomic mass is 16.5. The molecule has 0 unspecified atom stereocenters. The van der Waals surface area contributed by atoms with Gasteiger partial charge in [0.25, 0.3) is 5.91 Å². The molecular formula is C23H26N4O4. The predicted octanol–water partition coefficient (Wildman–Crippen LogP) is 3.30. The molecule has 2 amide bonds. The van der Waals surface area contributed by atoms with E-state index in [1.807, 2.05) is 32.0 Å². The normalized spacial score (nSPS) is 10.5. The number of carbonyl (C=O) groups is 2. The minimum absolute atomic E-state index is 0.0901. The van der Waals surface area contributed by atoms with Crippen molar-refractivity contribution in [3.63, 3.8) is 0 Å². The number of likely N-dealkylation sites (N-methyl/N-ethyl adjacent to an activating group) is 1. The van der Waals surface area contributed by atoms with Gasteiger partial charge in [-0.25, -0.2) is 4.68 Å².